The number of nitrogens with one attached hydrogen (secondary N) is 1. The van der Waals surface area contributed by atoms with E-state index in [0.29, 0.717) is 56.4 Å². The molecule has 184 valence electrons. The number of anilines is 1. The van der Waals surface area contributed by atoms with Crippen LogP contribution in [0.1, 0.15) is 63.2 Å². The van der Waals surface area contributed by atoms with Gasteiger partial charge in [0, 0.05) is 51.3 Å². The van der Waals surface area contributed by atoms with Crippen molar-refractivity contribution in [3.8, 4) is 0 Å². The summed E-state index contributed by atoms with van der Waals surface area (Å²) in [5, 5.41) is 2.78. The number of hydrogen-bond donors (Lipinski definition) is 1. The first-order valence-electron chi connectivity index (χ1n) is 11.1. The molecule has 0 radical (unpaired) electrons. The zero-order valence-corrected chi connectivity index (χ0v) is 20.6. The second kappa shape index (κ2) is 13.4. The Morgan fingerprint density at radius 2 is 1.45 bits per heavy atom. The van der Waals surface area contributed by atoms with E-state index in [1.165, 1.54) is 12.0 Å². The third-order valence-electron chi connectivity index (χ3n) is 4.72. The van der Waals surface area contributed by atoms with Crippen LogP contribution in [-0.4, -0.2) is 73.6 Å². The van der Waals surface area contributed by atoms with Gasteiger partial charge in [-0.2, -0.15) is 0 Å². The molecule has 0 spiro atoms. The van der Waals surface area contributed by atoms with Gasteiger partial charge in [0.2, 0.25) is 5.91 Å². The van der Waals surface area contributed by atoms with Crippen LogP contribution in [0.2, 0.25) is 0 Å². The molecule has 1 aromatic rings. The molecule has 1 N–H and O–H groups in total. The van der Waals surface area contributed by atoms with Gasteiger partial charge in [0.15, 0.2) is 0 Å². The topological polar surface area (TPSA) is 105 Å². The van der Waals surface area contributed by atoms with E-state index in [1.807, 2.05) is 20.8 Å². The lowest BCUT2D eigenvalue weighted by Crippen LogP contribution is -2.36. The maximum Gasteiger partial charge on any atom is 0.410 e. The van der Waals surface area contributed by atoms with Gasteiger partial charge in [0.1, 0.15) is 5.60 Å². The van der Waals surface area contributed by atoms with Crippen LogP contribution in [0.25, 0.3) is 0 Å². The summed E-state index contributed by atoms with van der Waals surface area (Å²) in [5.41, 5.74) is 0.564. The minimum absolute atomic E-state index is 0.143. The molecule has 9 nitrogen and oxygen atoms in total. The Kier molecular flexibility index (Phi) is 11.4. The van der Waals surface area contributed by atoms with Crippen molar-refractivity contribution in [2.24, 2.45) is 0 Å². The lowest BCUT2D eigenvalue weighted by atomic mass is 10.1. The van der Waals surface area contributed by atoms with Crippen molar-refractivity contribution in [2.45, 2.75) is 58.5 Å². The number of esters is 1. The molecule has 0 atom stereocenters. The fraction of sp³-hybridized carbons (Fsp3) is 0.583. The SMILES string of the molecule is COC(=O)CCCCC(=O)Nc1ccc(C(=O)N(C)CCCN(C)C(=O)OC(C)(C)C)cc1. The number of carbonyl (C=O) groups is 4. The van der Waals surface area contributed by atoms with Crippen molar-refractivity contribution < 1.29 is 28.7 Å². The lowest BCUT2D eigenvalue weighted by Gasteiger charge is -2.25. The largest absolute Gasteiger partial charge is 0.469 e. The maximum absolute atomic E-state index is 12.6. The lowest BCUT2D eigenvalue weighted by molar-refractivity contribution is -0.140. The number of hydrogen-bond acceptors (Lipinski definition) is 6. The molecule has 0 unspecified atom stereocenters. The molecule has 3 amide bonds. The predicted octanol–water partition coefficient (Wildman–Crippen LogP) is 3.69. The summed E-state index contributed by atoms with van der Waals surface area (Å²) in [6.45, 7) is 6.40. The van der Waals surface area contributed by atoms with Crippen molar-refractivity contribution in [1.82, 2.24) is 9.80 Å². The number of carbonyl (C=O) groups excluding carboxylic acids is 4. The molecule has 33 heavy (non-hydrogen) atoms. The van der Waals surface area contributed by atoms with E-state index in [1.54, 1.807) is 43.3 Å². The highest BCUT2D eigenvalue weighted by molar-refractivity contribution is 5.95. The molecular weight excluding hydrogens is 426 g/mol. The van der Waals surface area contributed by atoms with Gasteiger partial charge in [-0.1, -0.05) is 0 Å². The highest BCUT2D eigenvalue weighted by atomic mass is 16.6. The minimum atomic E-state index is -0.547. The summed E-state index contributed by atoms with van der Waals surface area (Å²) in [6.07, 6.45) is 2.00. The summed E-state index contributed by atoms with van der Waals surface area (Å²) in [6, 6.07) is 6.70. The van der Waals surface area contributed by atoms with Gasteiger partial charge in [-0.3, -0.25) is 14.4 Å². The monoisotopic (exact) mass is 463 g/mol. The van der Waals surface area contributed by atoms with Crippen LogP contribution < -0.4 is 5.32 Å². The predicted molar refractivity (Wildman–Crippen MR) is 126 cm³/mol. The normalized spacial score (nSPS) is 10.8. The highest BCUT2D eigenvalue weighted by Gasteiger charge is 2.19. The number of benzene rings is 1. The Bertz CT molecular complexity index is 801. The van der Waals surface area contributed by atoms with E-state index >= 15 is 0 Å². The average molecular weight is 464 g/mol. The molecule has 0 fully saturated rings. The number of methoxy groups -OCH3 is 1. The summed E-state index contributed by atoms with van der Waals surface area (Å²) >= 11 is 0. The first-order valence-corrected chi connectivity index (χ1v) is 11.1. The molecule has 1 rings (SSSR count). The summed E-state index contributed by atoms with van der Waals surface area (Å²) in [7, 11) is 4.72. The highest BCUT2D eigenvalue weighted by Crippen LogP contribution is 2.13. The zero-order valence-electron chi connectivity index (χ0n) is 20.6. The molecule has 0 aliphatic rings. The molecule has 0 aliphatic heterocycles. The van der Waals surface area contributed by atoms with E-state index < -0.39 is 11.7 Å². The molecule has 0 bridgehead atoms. The van der Waals surface area contributed by atoms with Crippen molar-refractivity contribution in [2.75, 3.05) is 39.6 Å². The Hall–Kier alpha value is -3.10. The fourth-order valence-corrected chi connectivity index (χ4v) is 2.87. The van der Waals surface area contributed by atoms with Gasteiger partial charge >= 0.3 is 12.1 Å². The van der Waals surface area contributed by atoms with E-state index in [-0.39, 0.29) is 17.8 Å². The van der Waals surface area contributed by atoms with Crippen LogP contribution in [0, 0.1) is 0 Å². The number of rotatable bonds is 11. The van der Waals surface area contributed by atoms with Crippen LogP contribution in [0.4, 0.5) is 10.5 Å². The van der Waals surface area contributed by atoms with Crippen molar-refractivity contribution in [3.63, 3.8) is 0 Å². The number of amides is 3. The van der Waals surface area contributed by atoms with Crippen LogP contribution >= 0.6 is 0 Å². The Morgan fingerprint density at radius 1 is 0.879 bits per heavy atom. The molecule has 0 heterocycles. The third-order valence-corrected chi connectivity index (χ3v) is 4.72. The Morgan fingerprint density at radius 3 is 2.03 bits per heavy atom. The van der Waals surface area contributed by atoms with Crippen LogP contribution in [-0.2, 0) is 19.1 Å². The quantitative estimate of drug-likeness (QED) is 0.396. The van der Waals surface area contributed by atoms with Crippen LogP contribution in [0.5, 0.6) is 0 Å². The molecule has 0 aliphatic carbocycles. The zero-order chi connectivity index (χ0) is 25.0. The van der Waals surface area contributed by atoms with E-state index in [0.717, 1.165) is 0 Å². The molecule has 0 saturated heterocycles. The van der Waals surface area contributed by atoms with Gasteiger partial charge in [-0.25, -0.2) is 4.79 Å². The van der Waals surface area contributed by atoms with Crippen LogP contribution in [0.15, 0.2) is 24.3 Å². The summed E-state index contributed by atoms with van der Waals surface area (Å²) in [5.74, 6) is -0.573. The molecule has 0 aromatic heterocycles. The molecule has 0 saturated carbocycles. The van der Waals surface area contributed by atoms with Gasteiger partial charge < -0.3 is 24.6 Å². The maximum atomic E-state index is 12.6. The van der Waals surface area contributed by atoms with Crippen molar-refractivity contribution in [1.29, 1.82) is 0 Å². The van der Waals surface area contributed by atoms with Crippen molar-refractivity contribution >= 4 is 29.6 Å². The second-order valence-electron chi connectivity index (χ2n) is 8.89. The van der Waals surface area contributed by atoms with E-state index in [2.05, 4.69) is 10.1 Å². The third kappa shape index (κ3) is 11.4. The molecule has 1 aromatic carbocycles. The molecule has 9 heteroatoms. The minimum Gasteiger partial charge on any atom is -0.469 e. The van der Waals surface area contributed by atoms with E-state index in [9.17, 15) is 19.2 Å². The second-order valence-corrected chi connectivity index (χ2v) is 8.89. The summed E-state index contributed by atoms with van der Waals surface area (Å²) < 4.78 is 9.88. The number of unbranched alkanes of at least 4 members (excludes halogenated alkanes) is 1. The first-order chi connectivity index (χ1) is 15.4. The smallest absolute Gasteiger partial charge is 0.410 e. The van der Waals surface area contributed by atoms with E-state index in [4.69, 9.17) is 4.74 Å². The fourth-order valence-electron chi connectivity index (χ4n) is 2.87. The van der Waals surface area contributed by atoms with Gasteiger partial charge in [-0.05, 0) is 64.3 Å². The Labute approximate surface area is 196 Å². The van der Waals surface area contributed by atoms with Gasteiger partial charge in [-0.15, -0.1) is 0 Å². The first kappa shape index (κ1) is 27.9. The molecular formula is C24H37N3O6. The summed E-state index contributed by atoms with van der Waals surface area (Å²) in [4.78, 5) is 50.8. The standard InChI is InChI=1S/C24H37N3O6/c1-24(2,3)33-23(31)27(5)17-9-16-26(4)22(30)18-12-14-19(15-13-18)25-20(28)10-7-8-11-21(29)32-6/h12-15H,7-11,16-17H2,1-6H3,(H,25,28). The van der Waals surface area contributed by atoms with Gasteiger partial charge in [0.25, 0.3) is 5.91 Å². The number of ether oxygens (including phenoxy) is 2. The van der Waals surface area contributed by atoms with Gasteiger partial charge in [0.05, 0.1) is 7.11 Å². The number of nitrogens with zero attached hydrogens (tertiary/aromatic N) is 2. The average Bonchev–Trinajstić information content (AvgIpc) is 2.75. The van der Waals surface area contributed by atoms with Crippen LogP contribution in [0.3, 0.4) is 0 Å². The van der Waals surface area contributed by atoms with Crippen molar-refractivity contribution in [3.05, 3.63) is 29.8 Å². The Balaban J connectivity index is 2.41.